The highest BCUT2D eigenvalue weighted by Crippen LogP contribution is 2.35. The SMILES string of the molecule is CC1OCCC1S(=O)(=O)N1CCC(c2c[nH]c3ccc(F)cc23)CC1. The number of aromatic amines is 1. The Morgan fingerprint density at radius 2 is 2.00 bits per heavy atom. The van der Waals surface area contributed by atoms with Crippen LogP contribution in [0.4, 0.5) is 4.39 Å². The first-order valence-corrected chi connectivity index (χ1v) is 10.3. The molecule has 2 saturated heterocycles. The van der Waals surface area contributed by atoms with Crippen LogP contribution < -0.4 is 0 Å². The maximum Gasteiger partial charge on any atom is 0.219 e. The fourth-order valence-corrected chi connectivity index (χ4v) is 6.23. The van der Waals surface area contributed by atoms with Gasteiger partial charge < -0.3 is 9.72 Å². The largest absolute Gasteiger partial charge is 0.377 e. The third-order valence-corrected chi connectivity index (χ3v) is 8.09. The molecule has 0 amide bonds. The monoisotopic (exact) mass is 366 g/mol. The molecule has 2 unspecified atom stereocenters. The minimum Gasteiger partial charge on any atom is -0.377 e. The van der Waals surface area contributed by atoms with Crippen molar-refractivity contribution in [3.8, 4) is 0 Å². The molecule has 5 nitrogen and oxygen atoms in total. The molecular formula is C18H23FN2O3S. The number of aromatic nitrogens is 1. The van der Waals surface area contributed by atoms with Gasteiger partial charge in [-0.2, -0.15) is 0 Å². The van der Waals surface area contributed by atoms with E-state index >= 15 is 0 Å². The van der Waals surface area contributed by atoms with Crippen LogP contribution in [0.2, 0.25) is 0 Å². The van der Waals surface area contributed by atoms with E-state index in [1.54, 1.807) is 16.4 Å². The molecule has 2 aliphatic rings. The van der Waals surface area contributed by atoms with Gasteiger partial charge in [-0.25, -0.2) is 17.1 Å². The fraction of sp³-hybridized carbons (Fsp3) is 0.556. The van der Waals surface area contributed by atoms with E-state index in [1.807, 2.05) is 13.1 Å². The lowest BCUT2D eigenvalue weighted by atomic mass is 9.90. The van der Waals surface area contributed by atoms with Crippen molar-refractivity contribution >= 4 is 20.9 Å². The lowest BCUT2D eigenvalue weighted by molar-refractivity contribution is 0.125. The third-order valence-electron chi connectivity index (χ3n) is 5.62. The molecule has 2 aromatic rings. The van der Waals surface area contributed by atoms with Crippen molar-refractivity contribution in [3.63, 3.8) is 0 Å². The van der Waals surface area contributed by atoms with Gasteiger partial charge >= 0.3 is 0 Å². The second-order valence-corrected chi connectivity index (χ2v) is 9.21. The van der Waals surface area contributed by atoms with Crippen LogP contribution >= 0.6 is 0 Å². The van der Waals surface area contributed by atoms with E-state index in [0.717, 1.165) is 29.3 Å². The zero-order valence-corrected chi connectivity index (χ0v) is 15.1. The molecule has 1 N–H and O–H groups in total. The zero-order valence-electron chi connectivity index (χ0n) is 14.2. The summed E-state index contributed by atoms with van der Waals surface area (Å²) in [6.07, 6.45) is 3.78. The van der Waals surface area contributed by atoms with E-state index in [4.69, 9.17) is 4.74 Å². The Kier molecular flexibility index (Phi) is 4.33. The Bertz CT molecular complexity index is 872. The topological polar surface area (TPSA) is 62.4 Å². The Labute approximate surface area is 147 Å². The number of fused-ring (bicyclic) bond motifs is 1. The summed E-state index contributed by atoms with van der Waals surface area (Å²) in [4.78, 5) is 3.19. The second kappa shape index (κ2) is 6.37. The first kappa shape index (κ1) is 17.0. The van der Waals surface area contributed by atoms with Crippen LogP contribution in [0.3, 0.4) is 0 Å². The van der Waals surface area contributed by atoms with Gasteiger partial charge in [0.2, 0.25) is 10.0 Å². The standard InChI is InChI=1S/C18H23FN2O3S/c1-12-18(6-9-24-12)25(22,23)21-7-4-13(5-8-21)16-11-20-17-3-2-14(19)10-15(16)17/h2-3,10-13,18,20H,4-9H2,1H3. The number of H-pyrrole nitrogens is 1. The maximum absolute atomic E-state index is 13.6. The number of rotatable bonds is 3. The Morgan fingerprint density at radius 3 is 2.68 bits per heavy atom. The molecule has 0 radical (unpaired) electrons. The minimum atomic E-state index is -3.31. The van der Waals surface area contributed by atoms with Crippen molar-refractivity contribution in [1.82, 2.24) is 9.29 Å². The average Bonchev–Trinajstić information content (AvgIpc) is 3.21. The smallest absolute Gasteiger partial charge is 0.219 e. The van der Waals surface area contributed by atoms with Crippen molar-refractivity contribution < 1.29 is 17.5 Å². The average molecular weight is 366 g/mol. The molecule has 4 rings (SSSR count). The number of nitrogens with one attached hydrogen (secondary N) is 1. The van der Waals surface area contributed by atoms with Crippen LogP contribution in [0.5, 0.6) is 0 Å². The van der Waals surface area contributed by atoms with Gasteiger partial charge in [0.25, 0.3) is 0 Å². The van der Waals surface area contributed by atoms with Crippen LogP contribution in [-0.2, 0) is 14.8 Å². The van der Waals surface area contributed by atoms with E-state index in [9.17, 15) is 12.8 Å². The van der Waals surface area contributed by atoms with Gasteiger partial charge in [0.1, 0.15) is 11.1 Å². The van der Waals surface area contributed by atoms with Gasteiger partial charge in [0.15, 0.2) is 0 Å². The summed E-state index contributed by atoms with van der Waals surface area (Å²) in [7, 11) is -3.31. The van der Waals surface area contributed by atoms with Crippen molar-refractivity contribution in [3.05, 3.63) is 35.8 Å². The van der Waals surface area contributed by atoms with Crippen LogP contribution in [0, 0.1) is 5.82 Å². The lowest BCUT2D eigenvalue weighted by Crippen LogP contribution is -2.45. The fourth-order valence-electron chi connectivity index (χ4n) is 4.17. The number of benzene rings is 1. The Morgan fingerprint density at radius 1 is 1.24 bits per heavy atom. The summed E-state index contributed by atoms with van der Waals surface area (Å²) in [6.45, 7) is 3.38. The summed E-state index contributed by atoms with van der Waals surface area (Å²) in [5, 5.41) is 0.477. The summed E-state index contributed by atoms with van der Waals surface area (Å²) < 4.78 is 46.3. The first-order chi connectivity index (χ1) is 12.0. The molecule has 2 atom stereocenters. The molecule has 2 fully saturated rings. The van der Waals surface area contributed by atoms with Gasteiger partial charge in [-0.1, -0.05) is 0 Å². The molecule has 0 bridgehead atoms. The van der Waals surface area contributed by atoms with Crippen LogP contribution in [-0.4, -0.2) is 48.8 Å². The molecule has 1 aromatic carbocycles. The molecule has 0 saturated carbocycles. The molecule has 1 aromatic heterocycles. The van der Waals surface area contributed by atoms with Gasteiger partial charge in [-0.3, -0.25) is 0 Å². The summed E-state index contributed by atoms with van der Waals surface area (Å²) in [5.41, 5.74) is 2.01. The molecule has 7 heteroatoms. The highest BCUT2D eigenvalue weighted by molar-refractivity contribution is 7.89. The summed E-state index contributed by atoms with van der Waals surface area (Å²) >= 11 is 0. The van der Waals surface area contributed by atoms with E-state index in [1.165, 1.54) is 6.07 Å². The molecule has 2 aliphatic heterocycles. The van der Waals surface area contributed by atoms with Crippen LogP contribution in [0.1, 0.15) is 37.7 Å². The highest BCUT2D eigenvalue weighted by atomic mass is 32.2. The van der Waals surface area contributed by atoms with Crippen LogP contribution in [0.15, 0.2) is 24.4 Å². The maximum atomic E-state index is 13.6. The van der Waals surface area contributed by atoms with Crippen molar-refractivity contribution in [1.29, 1.82) is 0 Å². The normalized spacial score (nSPS) is 26.5. The third kappa shape index (κ3) is 2.98. The summed E-state index contributed by atoms with van der Waals surface area (Å²) in [6, 6.07) is 4.75. The number of hydrogen-bond donors (Lipinski definition) is 1. The second-order valence-electron chi connectivity index (χ2n) is 7.06. The van der Waals surface area contributed by atoms with E-state index in [2.05, 4.69) is 4.98 Å². The Balaban J connectivity index is 1.50. The van der Waals surface area contributed by atoms with E-state index in [-0.39, 0.29) is 17.8 Å². The molecule has 0 spiro atoms. The van der Waals surface area contributed by atoms with Crippen molar-refractivity contribution in [2.24, 2.45) is 0 Å². The van der Waals surface area contributed by atoms with E-state index in [0.29, 0.717) is 26.1 Å². The number of halogens is 1. The molecule has 136 valence electrons. The number of hydrogen-bond acceptors (Lipinski definition) is 3. The van der Waals surface area contributed by atoms with Gasteiger partial charge in [0.05, 0.1) is 6.10 Å². The first-order valence-electron chi connectivity index (χ1n) is 8.84. The van der Waals surface area contributed by atoms with E-state index < -0.39 is 15.3 Å². The number of sulfonamides is 1. The number of piperidine rings is 1. The van der Waals surface area contributed by atoms with Crippen LogP contribution in [0.25, 0.3) is 10.9 Å². The van der Waals surface area contributed by atoms with Crippen molar-refractivity contribution in [2.45, 2.75) is 43.5 Å². The molecule has 3 heterocycles. The number of nitrogens with zero attached hydrogens (tertiary/aromatic N) is 1. The Hall–Kier alpha value is -1.44. The van der Waals surface area contributed by atoms with Gasteiger partial charge in [-0.05, 0) is 55.9 Å². The van der Waals surface area contributed by atoms with Gasteiger partial charge in [-0.15, -0.1) is 0 Å². The molecular weight excluding hydrogens is 343 g/mol. The predicted molar refractivity (Wildman–Crippen MR) is 94.5 cm³/mol. The predicted octanol–water partition coefficient (Wildman–Crippen LogP) is 2.99. The number of ether oxygens (including phenoxy) is 1. The zero-order chi connectivity index (χ0) is 17.6. The molecule has 0 aliphatic carbocycles. The minimum absolute atomic E-state index is 0.237. The summed E-state index contributed by atoms with van der Waals surface area (Å²) in [5.74, 6) is 0.00263. The van der Waals surface area contributed by atoms with Gasteiger partial charge in [0, 0.05) is 36.8 Å². The quantitative estimate of drug-likeness (QED) is 0.908. The lowest BCUT2D eigenvalue weighted by Gasteiger charge is -2.33. The highest BCUT2D eigenvalue weighted by Gasteiger charge is 2.41. The van der Waals surface area contributed by atoms with Crippen molar-refractivity contribution in [2.75, 3.05) is 19.7 Å². The molecule has 25 heavy (non-hydrogen) atoms.